The molecule has 0 aliphatic carbocycles. The molecule has 1 aromatic heterocycles. The first-order chi connectivity index (χ1) is 17.1. The number of fused-ring (bicyclic) bond motifs is 1. The fourth-order valence-corrected chi connectivity index (χ4v) is 4.45. The molecule has 0 radical (unpaired) electrons. The van der Waals surface area contributed by atoms with E-state index >= 15 is 0 Å². The third-order valence-electron chi connectivity index (χ3n) is 6.18. The largest absolute Gasteiger partial charge is 0.494 e. The Hall–Kier alpha value is -4.13. The molecule has 0 spiro atoms. The Kier molecular flexibility index (Phi) is 6.48. The van der Waals surface area contributed by atoms with Crippen molar-refractivity contribution in [2.75, 3.05) is 24.6 Å². The van der Waals surface area contributed by atoms with E-state index in [0.717, 1.165) is 42.9 Å². The maximum atomic E-state index is 13.6. The van der Waals surface area contributed by atoms with Crippen molar-refractivity contribution in [1.82, 2.24) is 14.9 Å². The molecule has 7 heteroatoms. The van der Waals surface area contributed by atoms with Crippen LogP contribution in [-0.2, 0) is 6.54 Å². The predicted molar refractivity (Wildman–Crippen MR) is 138 cm³/mol. The molecule has 4 aromatic rings. The lowest BCUT2D eigenvalue weighted by Crippen LogP contribution is -2.30. The van der Waals surface area contributed by atoms with E-state index in [1.54, 1.807) is 22.8 Å². The van der Waals surface area contributed by atoms with Gasteiger partial charge in [0, 0.05) is 25.2 Å². The van der Waals surface area contributed by atoms with Crippen molar-refractivity contribution in [2.24, 2.45) is 0 Å². The zero-order valence-electron chi connectivity index (χ0n) is 19.7. The van der Waals surface area contributed by atoms with Crippen LogP contribution in [0.2, 0.25) is 0 Å². The molecule has 1 N–H and O–H groups in total. The fourth-order valence-electron chi connectivity index (χ4n) is 4.45. The topological polar surface area (TPSA) is 76.5 Å². The monoisotopic (exact) mass is 468 g/mol. The van der Waals surface area contributed by atoms with Gasteiger partial charge in [-0.3, -0.25) is 9.59 Å². The minimum absolute atomic E-state index is 0.136. The van der Waals surface area contributed by atoms with Crippen molar-refractivity contribution < 1.29 is 9.53 Å². The first kappa shape index (κ1) is 22.7. The molecule has 1 aliphatic heterocycles. The normalized spacial score (nSPS) is 13.2. The van der Waals surface area contributed by atoms with Crippen LogP contribution in [0.4, 0.5) is 5.95 Å². The number of rotatable bonds is 7. The van der Waals surface area contributed by atoms with E-state index in [-0.39, 0.29) is 11.5 Å². The average molecular weight is 469 g/mol. The molecule has 1 saturated heterocycles. The molecule has 2 heterocycles. The van der Waals surface area contributed by atoms with Crippen LogP contribution in [0.25, 0.3) is 16.6 Å². The second-order valence-corrected chi connectivity index (χ2v) is 8.58. The molecular formula is C28H28N4O3. The molecule has 3 aromatic carbocycles. The number of carbonyl (C=O) groups is 1. The quantitative estimate of drug-likeness (QED) is 0.437. The Morgan fingerprint density at radius 2 is 1.80 bits per heavy atom. The third kappa shape index (κ3) is 4.75. The van der Waals surface area contributed by atoms with Crippen LogP contribution >= 0.6 is 0 Å². The lowest BCUT2D eigenvalue weighted by Gasteiger charge is -2.22. The van der Waals surface area contributed by atoms with Crippen LogP contribution in [0.15, 0.2) is 77.6 Å². The van der Waals surface area contributed by atoms with Crippen molar-refractivity contribution in [1.29, 1.82) is 0 Å². The number of carbonyl (C=O) groups excluding carboxylic acids is 1. The number of hydrogen-bond acceptors (Lipinski definition) is 5. The Balaban J connectivity index is 1.47. The van der Waals surface area contributed by atoms with Gasteiger partial charge < -0.3 is 15.0 Å². The molecule has 0 atom stereocenters. The van der Waals surface area contributed by atoms with Crippen LogP contribution in [0.3, 0.4) is 0 Å². The number of amides is 1. The second-order valence-electron chi connectivity index (χ2n) is 8.58. The number of aromatic nitrogens is 2. The van der Waals surface area contributed by atoms with Gasteiger partial charge in [-0.25, -0.2) is 9.55 Å². The van der Waals surface area contributed by atoms with Gasteiger partial charge in [0.2, 0.25) is 5.95 Å². The highest BCUT2D eigenvalue weighted by Crippen LogP contribution is 2.23. The highest BCUT2D eigenvalue weighted by molar-refractivity contribution is 5.97. The first-order valence-corrected chi connectivity index (χ1v) is 12.0. The zero-order chi connectivity index (χ0) is 24.2. The van der Waals surface area contributed by atoms with Gasteiger partial charge in [0.15, 0.2) is 0 Å². The highest BCUT2D eigenvalue weighted by Gasteiger charge is 2.21. The Labute approximate surface area is 204 Å². The number of nitrogens with one attached hydrogen (secondary N) is 1. The van der Waals surface area contributed by atoms with Crippen LogP contribution < -0.4 is 20.5 Å². The molecule has 0 bridgehead atoms. The molecule has 178 valence electrons. The lowest BCUT2D eigenvalue weighted by atomic mass is 10.1. The van der Waals surface area contributed by atoms with Crippen molar-refractivity contribution in [3.05, 3.63) is 94.3 Å². The van der Waals surface area contributed by atoms with E-state index in [1.165, 1.54) is 0 Å². The summed E-state index contributed by atoms with van der Waals surface area (Å²) in [7, 11) is 0. The SMILES string of the molecule is CCOc1cccc(CNC(=O)c2ccc3c(=O)n(-c4ccccc4)c(N4CCCC4)nc3c2)c1. The predicted octanol–water partition coefficient (Wildman–Crippen LogP) is 4.31. The lowest BCUT2D eigenvalue weighted by molar-refractivity contribution is 0.0951. The summed E-state index contributed by atoms with van der Waals surface area (Å²) in [6.45, 7) is 4.61. The van der Waals surface area contributed by atoms with Crippen molar-refractivity contribution >= 4 is 22.8 Å². The minimum Gasteiger partial charge on any atom is -0.494 e. The Morgan fingerprint density at radius 1 is 1.00 bits per heavy atom. The summed E-state index contributed by atoms with van der Waals surface area (Å²) >= 11 is 0. The number of hydrogen-bond donors (Lipinski definition) is 1. The minimum atomic E-state index is -0.217. The van der Waals surface area contributed by atoms with Crippen LogP contribution in [-0.4, -0.2) is 35.2 Å². The van der Waals surface area contributed by atoms with Crippen LogP contribution in [0.5, 0.6) is 5.75 Å². The van der Waals surface area contributed by atoms with E-state index in [9.17, 15) is 9.59 Å². The molecule has 5 rings (SSSR count). The van der Waals surface area contributed by atoms with Crippen molar-refractivity contribution in [3.8, 4) is 11.4 Å². The summed E-state index contributed by atoms with van der Waals surface area (Å²) in [5, 5.41) is 3.44. The Bertz CT molecular complexity index is 1410. The number of benzene rings is 3. The molecule has 0 unspecified atom stereocenters. The van der Waals surface area contributed by atoms with Gasteiger partial charge in [-0.05, 0) is 67.8 Å². The zero-order valence-corrected chi connectivity index (χ0v) is 19.7. The maximum absolute atomic E-state index is 13.6. The molecule has 7 nitrogen and oxygen atoms in total. The third-order valence-corrected chi connectivity index (χ3v) is 6.18. The van der Waals surface area contributed by atoms with Crippen molar-refractivity contribution in [3.63, 3.8) is 0 Å². The smallest absolute Gasteiger partial charge is 0.267 e. The Morgan fingerprint density at radius 3 is 2.57 bits per heavy atom. The van der Waals surface area contributed by atoms with Gasteiger partial charge in [0.1, 0.15) is 5.75 Å². The molecule has 1 amide bonds. The molecule has 1 fully saturated rings. The van der Waals surface area contributed by atoms with Gasteiger partial charge in [-0.1, -0.05) is 30.3 Å². The highest BCUT2D eigenvalue weighted by atomic mass is 16.5. The summed E-state index contributed by atoms with van der Waals surface area (Å²) in [6, 6.07) is 22.3. The van der Waals surface area contributed by atoms with E-state index in [0.29, 0.717) is 35.6 Å². The average Bonchev–Trinajstić information content (AvgIpc) is 3.43. The van der Waals surface area contributed by atoms with E-state index in [1.807, 2.05) is 61.5 Å². The summed E-state index contributed by atoms with van der Waals surface area (Å²) in [5.41, 5.74) is 2.59. The molecule has 0 saturated carbocycles. The van der Waals surface area contributed by atoms with Gasteiger partial charge in [-0.2, -0.15) is 0 Å². The second kappa shape index (κ2) is 10.0. The number of para-hydroxylation sites is 1. The molecular weight excluding hydrogens is 440 g/mol. The maximum Gasteiger partial charge on any atom is 0.267 e. The number of anilines is 1. The van der Waals surface area contributed by atoms with Crippen molar-refractivity contribution in [2.45, 2.75) is 26.3 Å². The van der Waals surface area contributed by atoms with Crippen LogP contribution in [0, 0.1) is 0 Å². The van der Waals surface area contributed by atoms with E-state index < -0.39 is 0 Å². The van der Waals surface area contributed by atoms with Gasteiger partial charge in [0.05, 0.1) is 23.2 Å². The van der Waals surface area contributed by atoms with Crippen LogP contribution in [0.1, 0.15) is 35.7 Å². The summed E-state index contributed by atoms with van der Waals surface area (Å²) in [5.74, 6) is 1.18. The first-order valence-electron chi connectivity index (χ1n) is 12.0. The van der Waals surface area contributed by atoms with E-state index in [4.69, 9.17) is 9.72 Å². The van der Waals surface area contributed by atoms with Gasteiger partial charge >= 0.3 is 0 Å². The molecule has 1 aliphatic rings. The standard InChI is InChI=1S/C28H28N4O3/c1-2-35-23-12-8-9-20(17-23)19-29-26(33)21-13-14-24-25(18-21)30-28(31-15-6-7-16-31)32(27(24)34)22-10-4-3-5-11-22/h3-5,8-14,17-18H,2,6-7,15-16,19H2,1H3,(H,29,33). The molecule has 35 heavy (non-hydrogen) atoms. The van der Waals surface area contributed by atoms with Gasteiger partial charge in [0.25, 0.3) is 11.5 Å². The summed E-state index contributed by atoms with van der Waals surface area (Å²) in [4.78, 5) is 33.5. The number of ether oxygens (including phenoxy) is 1. The summed E-state index contributed by atoms with van der Waals surface area (Å²) in [6.07, 6.45) is 2.13. The number of nitrogens with zero attached hydrogens (tertiary/aromatic N) is 3. The summed E-state index contributed by atoms with van der Waals surface area (Å²) < 4.78 is 7.22. The van der Waals surface area contributed by atoms with E-state index in [2.05, 4.69) is 10.2 Å². The fraction of sp³-hybridized carbons (Fsp3) is 0.250. The van der Waals surface area contributed by atoms with Gasteiger partial charge in [-0.15, -0.1) is 0 Å².